The van der Waals surface area contributed by atoms with Crippen molar-refractivity contribution in [2.75, 3.05) is 13.1 Å². The lowest BCUT2D eigenvalue weighted by Crippen LogP contribution is -2.39. The minimum atomic E-state index is -0.789. The van der Waals surface area contributed by atoms with Gasteiger partial charge in [0.2, 0.25) is 5.91 Å². The molecule has 4 aromatic rings. The number of thiazole rings is 1. The first-order valence-corrected chi connectivity index (χ1v) is 13.7. The molecule has 3 heterocycles. The van der Waals surface area contributed by atoms with E-state index in [2.05, 4.69) is 15.3 Å². The van der Waals surface area contributed by atoms with Gasteiger partial charge in [0.15, 0.2) is 0 Å². The van der Waals surface area contributed by atoms with E-state index in [-0.39, 0.29) is 18.4 Å². The summed E-state index contributed by atoms with van der Waals surface area (Å²) in [4.78, 5) is 47.6. The van der Waals surface area contributed by atoms with Crippen molar-refractivity contribution in [2.45, 2.75) is 44.8 Å². The van der Waals surface area contributed by atoms with Gasteiger partial charge in [-0.1, -0.05) is 48.5 Å². The van der Waals surface area contributed by atoms with Crippen molar-refractivity contribution < 1.29 is 19.1 Å². The number of fused-ring (bicyclic) bond motifs is 1. The summed E-state index contributed by atoms with van der Waals surface area (Å²) in [5, 5.41) is 6.38. The second-order valence-corrected chi connectivity index (χ2v) is 10.4. The van der Waals surface area contributed by atoms with Crippen LogP contribution in [0.1, 0.15) is 52.3 Å². The summed E-state index contributed by atoms with van der Waals surface area (Å²) >= 11 is 1.45. The number of benzene rings is 2. The van der Waals surface area contributed by atoms with E-state index < -0.39 is 17.9 Å². The number of rotatable bonds is 8. The number of carbonyl (C=O) groups is 3. The molecule has 0 bridgehead atoms. The van der Waals surface area contributed by atoms with Crippen LogP contribution in [0.3, 0.4) is 0 Å². The number of para-hydroxylation sites is 1. The monoisotopic (exact) mass is 530 g/mol. The molecule has 0 saturated carbocycles. The van der Waals surface area contributed by atoms with Crippen LogP contribution in [0.2, 0.25) is 0 Å². The highest BCUT2D eigenvalue weighted by Gasteiger charge is 2.27. The fourth-order valence-corrected chi connectivity index (χ4v) is 5.66. The van der Waals surface area contributed by atoms with Crippen LogP contribution in [-0.4, -0.2) is 51.8 Å². The molecule has 196 valence electrons. The molecule has 2 aromatic carbocycles. The highest BCUT2D eigenvalue weighted by atomic mass is 32.1. The first-order chi connectivity index (χ1) is 18.5. The second kappa shape index (κ2) is 11.6. The molecule has 1 aliphatic rings. The molecule has 0 aliphatic carbocycles. The summed E-state index contributed by atoms with van der Waals surface area (Å²) in [5.74, 6) is -0.571. The molecule has 9 heteroatoms. The number of piperidine rings is 1. The minimum Gasteiger partial charge on any atom is -0.459 e. The van der Waals surface area contributed by atoms with Crippen LogP contribution in [0.4, 0.5) is 0 Å². The molecule has 2 N–H and O–H groups in total. The van der Waals surface area contributed by atoms with E-state index in [4.69, 9.17) is 4.74 Å². The number of nitrogens with one attached hydrogen (secondary N) is 2. The molecule has 1 saturated heterocycles. The van der Waals surface area contributed by atoms with Crippen molar-refractivity contribution in [2.24, 2.45) is 0 Å². The quantitative estimate of drug-likeness (QED) is 0.328. The summed E-state index contributed by atoms with van der Waals surface area (Å²) in [5.41, 5.74) is 3.23. The number of H-pyrrole nitrogens is 1. The van der Waals surface area contributed by atoms with Gasteiger partial charge in [0, 0.05) is 41.5 Å². The number of hydrogen-bond acceptors (Lipinski definition) is 6. The van der Waals surface area contributed by atoms with Gasteiger partial charge < -0.3 is 19.9 Å². The van der Waals surface area contributed by atoms with Crippen molar-refractivity contribution in [3.05, 3.63) is 88.0 Å². The van der Waals surface area contributed by atoms with Gasteiger partial charge in [-0.2, -0.15) is 0 Å². The molecule has 8 nitrogen and oxygen atoms in total. The van der Waals surface area contributed by atoms with Gasteiger partial charge in [0.1, 0.15) is 18.3 Å². The molecule has 1 unspecified atom stereocenters. The van der Waals surface area contributed by atoms with Crippen LogP contribution in [0, 0.1) is 0 Å². The molecule has 5 rings (SSSR count). The summed E-state index contributed by atoms with van der Waals surface area (Å²) in [7, 11) is 0. The second-order valence-electron chi connectivity index (χ2n) is 9.55. The Morgan fingerprint density at radius 1 is 1.11 bits per heavy atom. The van der Waals surface area contributed by atoms with Gasteiger partial charge in [-0.15, -0.1) is 11.3 Å². The number of likely N-dealkylation sites (tertiary alicyclic amines) is 1. The lowest BCUT2D eigenvalue weighted by atomic mass is 9.97. The summed E-state index contributed by atoms with van der Waals surface area (Å²) in [6, 6.07) is 16.6. The lowest BCUT2D eigenvalue weighted by molar-refractivity contribution is -0.146. The predicted molar refractivity (Wildman–Crippen MR) is 146 cm³/mol. The zero-order valence-electron chi connectivity index (χ0n) is 21.2. The molecule has 0 spiro atoms. The summed E-state index contributed by atoms with van der Waals surface area (Å²) < 4.78 is 5.30. The van der Waals surface area contributed by atoms with Crippen molar-refractivity contribution in [1.82, 2.24) is 20.2 Å². The first kappa shape index (κ1) is 25.7. The molecule has 1 atom stereocenters. The van der Waals surface area contributed by atoms with E-state index in [9.17, 15) is 14.4 Å². The topological polar surface area (TPSA) is 104 Å². The Labute approximate surface area is 225 Å². The Morgan fingerprint density at radius 2 is 1.84 bits per heavy atom. The van der Waals surface area contributed by atoms with Gasteiger partial charge in [-0.25, -0.2) is 9.78 Å². The average Bonchev–Trinajstić information content (AvgIpc) is 3.60. The zero-order chi connectivity index (χ0) is 26.5. The van der Waals surface area contributed by atoms with Crippen molar-refractivity contribution in [1.29, 1.82) is 0 Å². The fourth-order valence-electron chi connectivity index (χ4n) is 4.69. The van der Waals surface area contributed by atoms with Gasteiger partial charge in [0.05, 0.1) is 11.4 Å². The van der Waals surface area contributed by atoms with E-state index in [0.29, 0.717) is 25.2 Å². The normalized spacial score (nSPS) is 14.8. The lowest BCUT2D eigenvalue weighted by Gasteiger charge is -2.31. The maximum absolute atomic E-state index is 12.9. The SMILES string of the molecule is CC(NC(=O)c1csc(C2CCN(C(=O)Cc3c[nH]c4ccccc34)CC2)n1)C(=O)OCc1ccccc1. The van der Waals surface area contributed by atoms with Crippen LogP contribution in [0.15, 0.2) is 66.2 Å². The number of amides is 2. The Balaban J connectivity index is 1.09. The summed E-state index contributed by atoms with van der Waals surface area (Å²) in [6.07, 6.45) is 3.90. The average molecular weight is 531 g/mol. The maximum atomic E-state index is 12.9. The smallest absolute Gasteiger partial charge is 0.328 e. The largest absolute Gasteiger partial charge is 0.459 e. The van der Waals surface area contributed by atoms with Crippen molar-refractivity contribution >= 4 is 40.0 Å². The van der Waals surface area contributed by atoms with E-state index in [1.54, 1.807) is 12.3 Å². The van der Waals surface area contributed by atoms with Gasteiger partial charge in [0.25, 0.3) is 5.91 Å². The van der Waals surface area contributed by atoms with E-state index in [1.165, 1.54) is 11.3 Å². The van der Waals surface area contributed by atoms with Crippen molar-refractivity contribution in [3.63, 3.8) is 0 Å². The van der Waals surface area contributed by atoms with Crippen LogP contribution >= 0.6 is 11.3 Å². The third kappa shape index (κ3) is 5.94. The molecule has 1 aliphatic heterocycles. The number of nitrogens with zero attached hydrogens (tertiary/aromatic N) is 2. The molecule has 38 heavy (non-hydrogen) atoms. The number of hydrogen-bond donors (Lipinski definition) is 2. The van der Waals surface area contributed by atoms with Crippen LogP contribution in [0.5, 0.6) is 0 Å². The zero-order valence-corrected chi connectivity index (χ0v) is 22.0. The number of carbonyl (C=O) groups excluding carboxylic acids is 3. The van der Waals surface area contributed by atoms with Crippen LogP contribution < -0.4 is 5.32 Å². The van der Waals surface area contributed by atoms with Gasteiger partial charge in [-0.3, -0.25) is 9.59 Å². The molecular weight excluding hydrogens is 500 g/mol. The Kier molecular flexibility index (Phi) is 7.83. The molecule has 2 aromatic heterocycles. The number of ether oxygens (including phenoxy) is 1. The van der Waals surface area contributed by atoms with E-state index in [1.807, 2.05) is 65.7 Å². The standard InChI is InChI=1S/C29H30N4O4S/c1-19(29(36)37-17-20-7-3-2-4-8-20)31-27(35)25-18-38-28(32-25)21-11-13-33(14-12-21)26(34)15-22-16-30-24-10-6-5-9-23(22)24/h2-10,16,18-19,21,30H,11-15,17H2,1H3,(H,31,35). The van der Waals surface area contributed by atoms with E-state index >= 15 is 0 Å². The van der Waals surface area contributed by atoms with Crippen LogP contribution in [0.25, 0.3) is 10.9 Å². The summed E-state index contributed by atoms with van der Waals surface area (Å²) in [6.45, 7) is 3.08. The maximum Gasteiger partial charge on any atom is 0.328 e. The molecular formula is C29H30N4O4S. The molecule has 1 fully saturated rings. The molecule has 2 amide bonds. The number of esters is 1. The van der Waals surface area contributed by atoms with Crippen molar-refractivity contribution in [3.8, 4) is 0 Å². The third-order valence-electron chi connectivity index (χ3n) is 6.89. The van der Waals surface area contributed by atoms with E-state index in [0.717, 1.165) is 39.9 Å². The Bertz CT molecular complexity index is 1420. The predicted octanol–water partition coefficient (Wildman–Crippen LogP) is 4.43. The minimum absolute atomic E-state index is 0.126. The fraction of sp³-hybridized carbons (Fsp3) is 0.310. The third-order valence-corrected chi connectivity index (χ3v) is 7.90. The Morgan fingerprint density at radius 3 is 2.63 bits per heavy atom. The highest BCUT2D eigenvalue weighted by molar-refractivity contribution is 7.09. The van der Waals surface area contributed by atoms with Gasteiger partial charge in [-0.05, 0) is 37.0 Å². The number of aromatic amines is 1. The molecule has 0 radical (unpaired) electrons. The van der Waals surface area contributed by atoms with Crippen LogP contribution in [-0.2, 0) is 27.4 Å². The number of aromatic nitrogens is 2. The highest BCUT2D eigenvalue weighted by Crippen LogP contribution is 2.31. The van der Waals surface area contributed by atoms with Gasteiger partial charge >= 0.3 is 5.97 Å². The first-order valence-electron chi connectivity index (χ1n) is 12.8. The Hall–Kier alpha value is -3.98.